The third-order valence-electron chi connectivity index (χ3n) is 4.27. The molecule has 2 aromatic carbocycles. The van der Waals surface area contributed by atoms with Gasteiger partial charge in [-0.05, 0) is 46.9 Å². The molecule has 16 heavy (non-hydrogen) atoms. The first-order chi connectivity index (χ1) is 7.93. The molecule has 2 aliphatic rings. The molecule has 0 saturated carbocycles. The van der Waals surface area contributed by atoms with Gasteiger partial charge in [0.2, 0.25) is 0 Å². The summed E-state index contributed by atoms with van der Waals surface area (Å²) in [6, 6.07) is 17.8. The molecule has 0 amide bonds. The minimum absolute atomic E-state index is 0.797. The van der Waals surface area contributed by atoms with Gasteiger partial charge < -0.3 is 0 Å². The molecule has 2 aliphatic carbocycles. The Kier molecular flexibility index (Phi) is 1.59. The predicted molar refractivity (Wildman–Crippen MR) is 65.8 cm³/mol. The van der Waals surface area contributed by atoms with Crippen LogP contribution in [0.4, 0.5) is 0 Å². The van der Waals surface area contributed by atoms with Crippen molar-refractivity contribution in [1.82, 2.24) is 0 Å². The van der Waals surface area contributed by atoms with E-state index in [2.05, 4.69) is 48.5 Å². The quantitative estimate of drug-likeness (QED) is 0.668. The Labute approximate surface area is 95.9 Å². The van der Waals surface area contributed by atoms with Crippen molar-refractivity contribution in [2.75, 3.05) is 0 Å². The molecule has 0 saturated heterocycles. The summed E-state index contributed by atoms with van der Waals surface area (Å²) in [4.78, 5) is 0. The van der Waals surface area contributed by atoms with Crippen LogP contribution in [-0.4, -0.2) is 0 Å². The average molecular weight is 206 g/mol. The first-order valence-corrected chi connectivity index (χ1v) is 6.09. The van der Waals surface area contributed by atoms with Gasteiger partial charge in [0.15, 0.2) is 0 Å². The molecule has 4 rings (SSSR count). The molecule has 78 valence electrons. The number of hydrogen-bond acceptors (Lipinski definition) is 0. The van der Waals surface area contributed by atoms with Gasteiger partial charge in [0, 0.05) is 0 Å². The van der Waals surface area contributed by atoms with Gasteiger partial charge in [-0.3, -0.25) is 0 Å². The minimum atomic E-state index is 0.797. The smallest absolute Gasteiger partial charge is 0.00465 e. The van der Waals surface area contributed by atoms with Crippen LogP contribution in [0.5, 0.6) is 0 Å². The van der Waals surface area contributed by atoms with Gasteiger partial charge in [0.1, 0.15) is 0 Å². The van der Waals surface area contributed by atoms with Crippen LogP contribution in [0.2, 0.25) is 0 Å². The summed E-state index contributed by atoms with van der Waals surface area (Å²) in [6.45, 7) is 0. The molecule has 0 heterocycles. The van der Waals surface area contributed by atoms with E-state index in [-0.39, 0.29) is 0 Å². The summed E-state index contributed by atoms with van der Waals surface area (Å²) < 4.78 is 0. The van der Waals surface area contributed by atoms with Crippen molar-refractivity contribution >= 4 is 0 Å². The molecular formula is C16H14. The lowest BCUT2D eigenvalue weighted by Crippen LogP contribution is -2.30. The summed E-state index contributed by atoms with van der Waals surface area (Å²) in [5.41, 5.74) is 6.33. The summed E-state index contributed by atoms with van der Waals surface area (Å²) in [5.74, 6) is 1.59. The zero-order valence-corrected chi connectivity index (χ0v) is 9.19. The van der Waals surface area contributed by atoms with E-state index in [0.29, 0.717) is 0 Å². The number of rotatable bonds is 1. The van der Waals surface area contributed by atoms with E-state index in [1.165, 1.54) is 12.8 Å². The second-order valence-electron chi connectivity index (χ2n) is 5.02. The molecular weight excluding hydrogens is 192 g/mol. The van der Waals surface area contributed by atoms with Gasteiger partial charge >= 0.3 is 0 Å². The summed E-state index contributed by atoms with van der Waals surface area (Å²) in [5, 5.41) is 0. The van der Waals surface area contributed by atoms with Crippen molar-refractivity contribution in [3.8, 4) is 0 Å². The van der Waals surface area contributed by atoms with E-state index in [0.717, 1.165) is 11.8 Å². The van der Waals surface area contributed by atoms with Crippen molar-refractivity contribution in [3.05, 3.63) is 70.8 Å². The Bertz CT molecular complexity index is 502. The highest BCUT2D eigenvalue weighted by Gasteiger charge is 2.38. The van der Waals surface area contributed by atoms with E-state index >= 15 is 0 Å². The largest absolute Gasteiger partial charge is 0.0620 e. The van der Waals surface area contributed by atoms with Crippen LogP contribution >= 0.6 is 0 Å². The average Bonchev–Trinajstić information content (AvgIpc) is 2.26. The van der Waals surface area contributed by atoms with Crippen LogP contribution in [0.3, 0.4) is 0 Å². The Morgan fingerprint density at radius 3 is 1.50 bits per heavy atom. The molecule has 0 bridgehead atoms. The lowest BCUT2D eigenvalue weighted by atomic mass is 9.61. The molecule has 0 fully saturated rings. The summed E-state index contributed by atoms with van der Waals surface area (Å²) in [7, 11) is 0. The molecule has 0 aromatic heterocycles. The normalized spacial score (nSPS) is 25.0. The van der Waals surface area contributed by atoms with E-state index in [4.69, 9.17) is 0 Å². The molecule has 0 radical (unpaired) electrons. The van der Waals surface area contributed by atoms with Gasteiger partial charge in [-0.2, -0.15) is 0 Å². The van der Waals surface area contributed by atoms with E-state index in [9.17, 15) is 0 Å². The fraction of sp³-hybridized carbons (Fsp3) is 0.250. The third kappa shape index (κ3) is 0.996. The minimum Gasteiger partial charge on any atom is -0.0620 e. The van der Waals surface area contributed by atoms with E-state index in [1.807, 2.05) is 0 Å². The highest BCUT2D eigenvalue weighted by Crippen LogP contribution is 2.51. The monoisotopic (exact) mass is 206 g/mol. The number of hydrogen-bond donors (Lipinski definition) is 0. The first kappa shape index (κ1) is 8.58. The topological polar surface area (TPSA) is 0 Å². The Hall–Kier alpha value is -1.56. The number of benzene rings is 2. The zero-order chi connectivity index (χ0) is 10.5. The molecule has 0 unspecified atom stereocenters. The van der Waals surface area contributed by atoms with E-state index in [1.54, 1.807) is 22.3 Å². The fourth-order valence-corrected chi connectivity index (χ4v) is 3.31. The summed E-state index contributed by atoms with van der Waals surface area (Å²) in [6.07, 6.45) is 2.57. The maximum absolute atomic E-state index is 2.31. The van der Waals surface area contributed by atoms with Gasteiger partial charge in [-0.1, -0.05) is 48.5 Å². The van der Waals surface area contributed by atoms with Gasteiger partial charge in [0.25, 0.3) is 0 Å². The molecule has 0 nitrogen and oxygen atoms in total. The third-order valence-corrected chi connectivity index (χ3v) is 4.27. The van der Waals surface area contributed by atoms with E-state index < -0.39 is 0 Å². The summed E-state index contributed by atoms with van der Waals surface area (Å²) >= 11 is 0. The van der Waals surface area contributed by atoms with Crippen LogP contribution in [0.25, 0.3) is 0 Å². The maximum Gasteiger partial charge on any atom is -0.00465 e. The molecule has 2 aromatic rings. The second kappa shape index (κ2) is 2.98. The highest BCUT2D eigenvalue weighted by molar-refractivity contribution is 5.49. The SMILES string of the molecule is c1ccc2c(c1)C[C@H]2[C@@H]1Cc2ccccc21. The number of fused-ring (bicyclic) bond motifs is 2. The Morgan fingerprint density at radius 1 is 0.625 bits per heavy atom. The van der Waals surface area contributed by atoms with Gasteiger partial charge in [-0.15, -0.1) is 0 Å². The fourth-order valence-electron chi connectivity index (χ4n) is 3.31. The van der Waals surface area contributed by atoms with Crippen molar-refractivity contribution < 1.29 is 0 Å². The first-order valence-electron chi connectivity index (χ1n) is 6.09. The Balaban J connectivity index is 1.69. The van der Waals surface area contributed by atoms with Crippen molar-refractivity contribution in [3.63, 3.8) is 0 Å². The molecule has 0 heteroatoms. The van der Waals surface area contributed by atoms with Crippen LogP contribution in [-0.2, 0) is 12.8 Å². The van der Waals surface area contributed by atoms with Crippen molar-refractivity contribution in [1.29, 1.82) is 0 Å². The maximum atomic E-state index is 2.31. The lowest BCUT2D eigenvalue weighted by Gasteiger charge is -2.42. The zero-order valence-electron chi connectivity index (χ0n) is 9.19. The van der Waals surface area contributed by atoms with Crippen LogP contribution < -0.4 is 0 Å². The standard InChI is InChI=1S/C16H14/c1-3-7-13-11(5-1)9-15(13)16-10-12-6-2-4-8-14(12)16/h1-8,15-16H,9-10H2/t15-,16-/m1/s1. The predicted octanol–water partition coefficient (Wildman–Crippen LogP) is 3.67. The van der Waals surface area contributed by atoms with Crippen LogP contribution in [0.15, 0.2) is 48.5 Å². The van der Waals surface area contributed by atoms with Crippen LogP contribution in [0, 0.1) is 0 Å². The van der Waals surface area contributed by atoms with Crippen molar-refractivity contribution in [2.45, 2.75) is 24.7 Å². The molecule has 0 aliphatic heterocycles. The highest BCUT2D eigenvalue weighted by atomic mass is 14.4. The molecule has 0 N–H and O–H groups in total. The van der Waals surface area contributed by atoms with Gasteiger partial charge in [-0.25, -0.2) is 0 Å². The van der Waals surface area contributed by atoms with Crippen molar-refractivity contribution in [2.24, 2.45) is 0 Å². The second-order valence-corrected chi connectivity index (χ2v) is 5.02. The lowest BCUT2D eigenvalue weighted by molar-refractivity contribution is 0.445. The Morgan fingerprint density at radius 2 is 1.06 bits per heavy atom. The van der Waals surface area contributed by atoms with Crippen LogP contribution in [0.1, 0.15) is 34.1 Å². The molecule has 0 spiro atoms. The van der Waals surface area contributed by atoms with Gasteiger partial charge in [0.05, 0.1) is 0 Å². The molecule has 2 atom stereocenters.